The highest BCUT2D eigenvalue weighted by molar-refractivity contribution is 7.99. The van der Waals surface area contributed by atoms with Crippen LogP contribution in [0.3, 0.4) is 0 Å². The Hall–Kier alpha value is 0.230. The van der Waals surface area contributed by atoms with Gasteiger partial charge in [-0.2, -0.15) is 11.8 Å². The minimum absolute atomic E-state index is 0.244. The van der Waals surface area contributed by atoms with Gasteiger partial charge in [0.25, 0.3) is 0 Å². The third-order valence-corrected chi connectivity index (χ3v) is 2.31. The molecule has 0 heterocycles. The molecule has 0 saturated carbocycles. The molecule has 10 heavy (non-hydrogen) atoms. The molecule has 3 N–H and O–H groups in total. The summed E-state index contributed by atoms with van der Waals surface area (Å²) >= 11 is 1.73. The molecular weight excluding hydrogens is 150 g/mol. The van der Waals surface area contributed by atoms with E-state index in [-0.39, 0.29) is 6.61 Å². The van der Waals surface area contributed by atoms with Crippen LogP contribution in [0.25, 0.3) is 0 Å². The molecule has 0 aliphatic rings. The first-order valence-electron chi connectivity index (χ1n) is 3.35. The van der Waals surface area contributed by atoms with Crippen LogP contribution in [0.4, 0.5) is 0 Å². The highest BCUT2D eigenvalue weighted by Crippen LogP contribution is 2.09. The Morgan fingerprint density at radius 1 is 1.70 bits per heavy atom. The van der Waals surface area contributed by atoms with Gasteiger partial charge in [-0.3, -0.25) is 0 Å². The van der Waals surface area contributed by atoms with Gasteiger partial charge in [0, 0.05) is 5.25 Å². The predicted octanol–water partition coefficient (Wildman–Crippen LogP) is 0.381. The second-order valence-electron chi connectivity index (χ2n) is 2.09. The lowest BCUT2D eigenvalue weighted by Crippen LogP contribution is -2.06. The number of rotatable bonds is 6. The maximum absolute atomic E-state index is 8.61. The summed E-state index contributed by atoms with van der Waals surface area (Å²) in [6, 6.07) is 0. The molecule has 0 fully saturated rings. The second kappa shape index (κ2) is 7.34. The molecule has 4 heteroatoms. The summed E-state index contributed by atoms with van der Waals surface area (Å²) in [6.07, 6.45) is 0.950. The molecule has 1 atom stereocenters. The number of aliphatic hydroxyl groups excluding tert-OH is 1. The minimum atomic E-state index is 0.244. The highest BCUT2D eigenvalue weighted by Gasteiger charge is 1.98. The zero-order valence-corrected chi connectivity index (χ0v) is 7.06. The molecule has 0 aliphatic carbocycles. The lowest BCUT2D eigenvalue weighted by Gasteiger charge is -2.05. The smallest absolute Gasteiger partial charge is 0.0687 e. The van der Waals surface area contributed by atoms with Gasteiger partial charge in [-0.1, -0.05) is 6.92 Å². The van der Waals surface area contributed by atoms with E-state index in [1.165, 1.54) is 0 Å². The Labute approximate surface area is 65.9 Å². The number of hydrogen-bond donors (Lipinski definition) is 2. The zero-order valence-electron chi connectivity index (χ0n) is 6.25. The fourth-order valence-corrected chi connectivity index (χ4v) is 1.27. The van der Waals surface area contributed by atoms with E-state index in [0.29, 0.717) is 11.9 Å². The Bertz CT molecular complexity index is 72.8. The van der Waals surface area contributed by atoms with Crippen molar-refractivity contribution in [3.05, 3.63) is 0 Å². The van der Waals surface area contributed by atoms with Gasteiger partial charge in [0.15, 0.2) is 0 Å². The molecule has 0 aromatic heterocycles. The summed E-state index contributed by atoms with van der Waals surface area (Å²) in [5, 5.41) is 8.95. The van der Waals surface area contributed by atoms with E-state index in [1.54, 1.807) is 11.8 Å². The first kappa shape index (κ1) is 10.2. The van der Waals surface area contributed by atoms with Gasteiger partial charge in [-0.15, -0.1) is 0 Å². The topological polar surface area (TPSA) is 55.5 Å². The first-order valence-corrected chi connectivity index (χ1v) is 4.40. The molecule has 0 aliphatic heterocycles. The van der Waals surface area contributed by atoms with Crippen LogP contribution in [0.2, 0.25) is 0 Å². The van der Waals surface area contributed by atoms with Gasteiger partial charge in [0.2, 0.25) is 0 Å². The molecule has 0 radical (unpaired) electrons. The summed E-state index contributed by atoms with van der Waals surface area (Å²) in [5.41, 5.74) is 0. The van der Waals surface area contributed by atoms with Gasteiger partial charge in [-0.25, -0.2) is 5.90 Å². The van der Waals surface area contributed by atoms with Crippen molar-refractivity contribution < 1.29 is 9.94 Å². The van der Waals surface area contributed by atoms with Crippen molar-refractivity contribution in [2.75, 3.05) is 19.0 Å². The fraction of sp³-hybridized carbons (Fsp3) is 1.00. The second-order valence-corrected chi connectivity index (χ2v) is 3.63. The Balaban J connectivity index is 2.89. The maximum atomic E-state index is 8.61. The lowest BCUT2D eigenvalue weighted by molar-refractivity contribution is 0.139. The molecular formula is C6H15NO2S. The maximum Gasteiger partial charge on any atom is 0.0687 e. The number of hydrogen-bond acceptors (Lipinski definition) is 4. The summed E-state index contributed by atoms with van der Waals surface area (Å²) in [4.78, 5) is 4.38. The monoisotopic (exact) mass is 165 g/mol. The van der Waals surface area contributed by atoms with Crippen LogP contribution in [-0.2, 0) is 4.84 Å². The van der Waals surface area contributed by atoms with Crippen LogP contribution < -0.4 is 5.90 Å². The van der Waals surface area contributed by atoms with Crippen LogP contribution in [-0.4, -0.2) is 29.3 Å². The van der Waals surface area contributed by atoms with E-state index < -0.39 is 0 Å². The minimum Gasteiger partial charge on any atom is -0.395 e. The van der Waals surface area contributed by atoms with E-state index in [0.717, 1.165) is 12.2 Å². The highest BCUT2D eigenvalue weighted by atomic mass is 32.2. The molecule has 0 saturated heterocycles. The Morgan fingerprint density at radius 2 is 2.40 bits per heavy atom. The van der Waals surface area contributed by atoms with E-state index in [9.17, 15) is 0 Å². The average Bonchev–Trinajstić information content (AvgIpc) is 1.98. The molecule has 0 rings (SSSR count). The normalized spacial score (nSPS) is 13.5. The quantitative estimate of drug-likeness (QED) is 0.441. The summed E-state index contributed by atoms with van der Waals surface area (Å²) in [6.45, 7) is 2.84. The number of aliphatic hydroxyl groups is 1. The van der Waals surface area contributed by atoms with Crippen molar-refractivity contribution in [2.24, 2.45) is 5.90 Å². The van der Waals surface area contributed by atoms with Gasteiger partial charge < -0.3 is 9.94 Å². The standard InChI is InChI=1S/C6H15NO2S/c1-6(5-8)10-4-2-3-9-7/h6,8H,2-5,7H2,1H3. The van der Waals surface area contributed by atoms with Crippen molar-refractivity contribution in [2.45, 2.75) is 18.6 Å². The molecule has 0 bridgehead atoms. The molecule has 0 aromatic rings. The molecule has 1 unspecified atom stereocenters. The van der Waals surface area contributed by atoms with E-state index in [1.807, 2.05) is 6.92 Å². The molecule has 0 aromatic carbocycles. The summed E-state index contributed by atoms with van der Waals surface area (Å²) < 4.78 is 0. The molecule has 0 amide bonds. The van der Waals surface area contributed by atoms with Gasteiger partial charge in [0.05, 0.1) is 13.2 Å². The molecule has 0 spiro atoms. The van der Waals surface area contributed by atoms with Crippen molar-refractivity contribution in [1.82, 2.24) is 0 Å². The van der Waals surface area contributed by atoms with Crippen LogP contribution in [0.5, 0.6) is 0 Å². The summed E-state index contributed by atoms with van der Waals surface area (Å²) in [7, 11) is 0. The largest absolute Gasteiger partial charge is 0.395 e. The average molecular weight is 165 g/mol. The fourth-order valence-electron chi connectivity index (χ4n) is 0.479. The third kappa shape index (κ3) is 6.35. The van der Waals surface area contributed by atoms with Crippen molar-refractivity contribution in [3.63, 3.8) is 0 Å². The van der Waals surface area contributed by atoms with Crippen molar-refractivity contribution in [1.29, 1.82) is 0 Å². The van der Waals surface area contributed by atoms with E-state index in [4.69, 9.17) is 11.0 Å². The predicted molar refractivity (Wildman–Crippen MR) is 43.8 cm³/mol. The van der Waals surface area contributed by atoms with Gasteiger partial charge in [-0.05, 0) is 12.2 Å². The van der Waals surface area contributed by atoms with Crippen LogP contribution in [0.1, 0.15) is 13.3 Å². The SMILES string of the molecule is CC(CO)SCCCON. The number of nitrogens with two attached hydrogens (primary N) is 1. The Kier molecular flexibility index (Phi) is 7.51. The lowest BCUT2D eigenvalue weighted by atomic mass is 10.5. The first-order chi connectivity index (χ1) is 4.81. The van der Waals surface area contributed by atoms with Crippen molar-refractivity contribution >= 4 is 11.8 Å². The number of thioether (sulfide) groups is 1. The zero-order chi connectivity index (χ0) is 7.82. The molecule has 3 nitrogen and oxygen atoms in total. The van der Waals surface area contributed by atoms with E-state index in [2.05, 4.69) is 4.84 Å². The van der Waals surface area contributed by atoms with Crippen LogP contribution >= 0.6 is 11.8 Å². The third-order valence-electron chi connectivity index (χ3n) is 1.07. The van der Waals surface area contributed by atoms with Gasteiger partial charge in [0.1, 0.15) is 0 Å². The van der Waals surface area contributed by atoms with Crippen LogP contribution in [0, 0.1) is 0 Å². The van der Waals surface area contributed by atoms with Crippen LogP contribution in [0.15, 0.2) is 0 Å². The Morgan fingerprint density at radius 3 is 2.90 bits per heavy atom. The molecule has 62 valence electrons. The summed E-state index contributed by atoms with van der Waals surface area (Å²) in [5.74, 6) is 5.82. The van der Waals surface area contributed by atoms with Gasteiger partial charge >= 0.3 is 0 Å². The van der Waals surface area contributed by atoms with Crippen molar-refractivity contribution in [3.8, 4) is 0 Å². The van der Waals surface area contributed by atoms with E-state index >= 15 is 0 Å².